The van der Waals surface area contributed by atoms with Crippen LogP contribution >= 0.6 is 0 Å². The van der Waals surface area contributed by atoms with Crippen LogP contribution in [-0.2, 0) is 4.79 Å². The van der Waals surface area contributed by atoms with Crippen molar-refractivity contribution in [1.29, 1.82) is 0 Å². The van der Waals surface area contributed by atoms with Crippen molar-refractivity contribution in [2.24, 2.45) is 0 Å². The molecule has 0 rings (SSSR count). The third-order valence-electron chi connectivity index (χ3n) is 2.64. The average molecular weight is 248 g/mol. The van der Waals surface area contributed by atoms with Crippen LogP contribution in [0.15, 0.2) is 12.2 Å². The maximum atomic E-state index is 10.1. The van der Waals surface area contributed by atoms with Gasteiger partial charge < -0.3 is 9.90 Å². The summed E-state index contributed by atoms with van der Waals surface area (Å²) in [4.78, 5) is 10.1. The number of aliphatic carboxylic acids is 1. The van der Waals surface area contributed by atoms with Gasteiger partial charge in [0.1, 0.15) is 0 Å². The van der Waals surface area contributed by atoms with E-state index in [1.54, 1.807) is 0 Å². The number of hydrogen-bond acceptors (Lipinski definition) is 2. The van der Waals surface area contributed by atoms with E-state index in [-0.39, 0.29) is 36.0 Å². The first kappa shape index (κ1) is 19.5. The number of allylic oxidation sites excluding steroid dienone is 2. The van der Waals surface area contributed by atoms with Gasteiger partial charge in [-0.2, -0.15) is 0 Å². The molecule has 0 N–H and O–H groups in total. The molecule has 0 unspecified atom stereocenters. The largest absolute Gasteiger partial charge is 1.00 e. The predicted molar refractivity (Wildman–Crippen MR) is 66.0 cm³/mol. The van der Waals surface area contributed by atoms with Crippen LogP contribution in [0.2, 0.25) is 0 Å². The maximum Gasteiger partial charge on any atom is 1.00 e. The number of hydrogen-bond donors (Lipinski definition) is 0. The number of carbonyl (C=O) groups is 1. The van der Waals surface area contributed by atoms with Crippen LogP contribution in [0.1, 0.15) is 71.1 Å². The van der Waals surface area contributed by atoms with Crippen LogP contribution in [0.4, 0.5) is 0 Å². The van der Waals surface area contributed by atoms with E-state index in [4.69, 9.17) is 0 Å². The van der Waals surface area contributed by atoms with E-state index in [0.717, 1.165) is 19.3 Å². The third kappa shape index (κ3) is 18.8. The zero-order chi connectivity index (χ0) is 12.1. The molecule has 0 aromatic carbocycles. The fourth-order valence-electron chi connectivity index (χ4n) is 1.62. The van der Waals surface area contributed by atoms with Gasteiger partial charge in [-0.3, -0.25) is 0 Å². The summed E-state index contributed by atoms with van der Waals surface area (Å²) < 4.78 is 0. The predicted octanol–water partition coefficient (Wildman–Crippen LogP) is 0.217. The molecule has 0 saturated carbocycles. The molecule has 0 aliphatic carbocycles. The molecule has 0 aromatic heterocycles. The summed E-state index contributed by atoms with van der Waals surface area (Å²) in [7, 11) is 0. The van der Waals surface area contributed by atoms with Crippen molar-refractivity contribution in [3.8, 4) is 0 Å². The monoisotopic (exact) mass is 248 g/mol. The average Bonchev–Trinajstić information content (AvgIpc) is 2.25. The molecular weight excluding hydrogens is 223 g/mol. The second kappa shape index (κ2) is 16.2. The van der Waals surface area contributed by atoms with E-state index in [1.165, 1.54) is 38.5 Å². The summed E-state index contributed by atoms with van der Waals surface area (Å²) in [6.45, 7) is 2.21. The summed E-state index contributed by atoms with van der Waals surface area (Å²) in [6, 6.07) is 0. The van der Waals surface area contributed by atoms with Crippen LogP contribution in [0.3, 0.4) is 0 Å². The first-order valence-electron chi connectivity index (χ1n) is 6.62. The Balaban J connectivity index is 0. The fourth-order valence-corrected chi connectivity index (χ4v) is 1.62. The van der Waals surface area contributed by atoms with Crippen LogP contribution < -0.4 is 34.7 Å². The molecule has 2 nitrogen and oxygen atoms in total. The van der Waals surface area contributed by atoms with Gasteiger partial charge in [0.2, 0.25) is 0 Å². The molecule has 17 heavy (non-hydrogen) atoms. The molecule has 0 radical (unpaired) electrons. The van der Waals surface area contributed by atoms with Gasteiger partial charge in [0.05, 0.1) is 0 Å². The molecule has 94 valence electrons. The minimum absolute atomic E-state index is 0. The van der Waals surface area contributed by atoms with Gasteiger partial charge in [-0.25, -0.2) is 0 Å². The standard InChI is InChI=1S/C14H26O2.Na/c1-2-3-4-5-6-7-8-9-10-11-12-13-14(15)16;/h5-6H,2-4,7-13H2,1H3,(H,15,16);/q;+1/p-1/b6-5-;. The molecule has 0 heterocycles. The molecule has 0 saturated heterocycles. The first-order valence-corrected chi connectivity index (χ1v) is 6.62. The summed E-state index contributed by atoms with van der Waals surface area (Å²) in [6.07, 6.45) is 15.1. The zero-order valence-electron chi connectivity index (χ0n) is 11.5. The minimum Gasteiger partial charge on any atom is -0.550 e. The minimum atomic E-state index is -0.918. The van der Waals surface area contributed by atoms with Crippen LogP contribution in [0.5, 0.6) is 0 Å². The van der Waals surface area contributed by atoms with Crippen molar-refractivity contribution >= 4 is 5.97 Å². The van der Waals surface area contributed by atoms with E-state index >= 15 is 0 Å². The van der Waals surface area contributed by atoms with Gasteiger partial charge in [0.15, 0.2) is 0 Å². The molecule has 0 bridgehead atoms. The maximum absolute atomic E-state index is 10.1. The van der Waals surface area contributed by atoms with Gasteiger partial charge in [-0.15, -0.1) is 0 Å². The van der Waals surface area contributed by atoms with E-state index in [0.29, 0.717) is 0 Å². The fraction of sp³-hybridized carbons (Fsp3) is 0.786. The van der Waals surface area contributed by atoms with E-state index in [2.05, 4.69) is 19.1 Å². The quantitative estimate of drug-likeness (QED) is 0.298. The molecule has 0 atom stereocenters. The Kier molecular flexibility index (Phi) is 18.6. The molecule has 0 aliphatic heterocycles. The van der Waals surface area contributed by atoms with Crippen molar-refractivity contribution < 1.29 is 39.5 Å². The molecule has 0 amide bonds. The van der Waals surface area contributed by atoms with E-state index < -0.39 is 5.97 Å². The van der Waals surface area contributed by atoms with Gasteiger partial charge >= 0.3 is 29.6 Å². The van der Waals surface area contributed by atoms with Crippen LogP contribution in [0, 0.1) is 0 Å². The van der Waals surface area contributed by atoms with Crippen molar-refractivity contribution in [2.75, 3.05) is 0 Å². The second-order valence-corrected chi connectivity index (χ2v) is 4.29. The smallest absolute Gasteiger partial charge is 0.550 e. The Hall–Kier alpha value is 0.210. The van der Waals surface area contributed by atoms with Crippen LogP contribution in [0.25, 0.3) is 0 Å². The second-order valence-electron chi connectivity index (χ2n) is 4.29. The van der Waals surface area contributed by atoms with E-state index in [9.17, 15) is 9.90 Å². The SMILES string of the molecule is CCCC/C=C\CCCCCCCC(=O)[O-].[Na+]. The van der Waals surface area contributed by atoms with Crippen molar-refractivity contribution in [2.45, 2.75) is 71.1 Å². The normalized spacial score (nSPS) is 10.4. The van der Waals surface area contributed by atoms with Gasteiger partial charge in [0.25, 0.3) is 0 Å². The Bertz CT molecular complexity index is 191. The summed E-state index contributed by atoms with van der Waals surface area (Å²) in [5.74, 6) is -0.918. The summed E-state index contributed by atoms with van der Waals surface area (Å²) >= 11 is 0. The van der Waals surface area contributed by atoms with Crippen molar-refractivity contribution in [3.05, 3.63) is 12.2 Å². The number of carboxylic acids is 1. The first-order chi connectivity index (χ1) is 7.77. The molecule has 0 aromatic rings. The third-order valence-corrected chi connectivity index (χ3v) is 2.64. The zero-order valence-corrected chi connectivity index (χ0v) is 13.5. The van der Waals surface area contributed by atoms with Crippen molar-refractivity contribution in [3.63, 3.8) is 0 Å². The van der Waals surface area contributed by atoms with Gasteiger partial charge in [0, 0.05) is 5.97 Å². The summed E-state index contributed by atoms with van der Waals surface area (Å²) in [5, 5.41) is 10.1. The summed E-state index contributed by atoms with van der Waals surface area (Å²) in [5.41, 5.74) is 0. The molecular formula is C14H25NaO2. The topological polar surface area (TPSA) is 40.1 Å². The number of carbonyl (C=O) groups excluding carboxylic acids is 1. The van der Waals surface area contributed by atoms with E-state index in [1.807, 2.05) is 0 Å². The molecule has 0 fully saturated rings. The van der Waals surface area contributed by atoms with Gasteiger partial charge in [-0.1, -0.05) is 51.2 Å². The Morgan fingerprint density at radius 3 is 2.06 bits per heavy atom. The van der Waals surface area contributed by atoms with Crippen LogP contribution in [-0.4, -0.2) is 5.97 Å². The Labute approximate surface area is 128 Å². The molecule has 0 aliphatic rings. The Morgan fingerprint density at radius 2 is 1.47 bits per heavy atom. The number of rotatable bonds is 11. The van der Waals surface area contributed by atoms with Gasteiger partial charge in [-0.05, 0) is 32.1 Å². The molecule has 0 spiro atoms. The van der Waals surface area contributed by atoms with Crippen molar-refractivity contribution in [1.82, 2.24) is 0 Å². The number of carboxylic acid groups (broad SMARTS) is 1. The molecule has 3 heteroatoms. The number of unbranched alkanes of at least 4 members (excludes halogenated alkanes) is 7. The Morgan fingerprint density at radius 1 is 0.941 bits per heavy atom.